The molecular weight excluding hydrogens is 278 g/mol. The Hall–Kier alpha value is -1.88. The molecule has 0 saturated carbocycles. The summed E-state index contributed by atoms with van der Waals surface area (Å²) < 4.78 is 0. The molecule has 5 heteroatoms. The Labute approximate surface area is 131 Å². The number of nitrogens with one attached hydrogen (secondary N) is 1. The molecule has 1 aromatic carbocycles. The molecule has 1 aliphatic rings. The number of piperidine rings is 1. The van der Waals surface area contributed by atoms with Crippen LogP contribution in [0.1, 0.15) is 38.3 Å². The highest BCUT2D eigenvalue weighted by molar-refractivity contribution is 5.81. The predicted molar refractivity (Wildman–Crippen MR) is 86.0 cm³/mol. The van der Waals surface area contributed by atoms with Crippen molar-refractivity contribution in [1.82, 2.24) is 10.2 Å². The molecule has 1 fully saturated rings. The van der Waals surface area contributed by atoms with Gasteiger partial charge in [-0.3, -0.25) is 14.9 Å². The maximum atomic E-state index is 11.8. The van der Waals surface area contributed by atoms with Crippen molar-refractivity contribution in [2.45, 2.75) is 38.8 Å². The van der Waals surface area contributed by atoms with E-state index in [0.717, 1.165) is 31.5 Å². The molecular formula is C17H25N3O2. The van der Waals surface area contributed by atoms with E-state index in [0.29, 0.717) is 5.92 Å². The number of amides is 2. The van der Waals surface area contributed by atoms with Gasteiger partial charge in [-0.2, -0.15) is 0 Å². The third-order valence-electron chi connectivity index (χ3n) is 4.50. The number of benzene rings is 1. The molecule has 0 unspecified atom stereocenters. The molecule has 1 heterocycles. The van der Waals surface area contributed by atoms with Crippen molar-refractivity contribution in [2.75, 3.05) is 13.1 Å². The Balaban J connectivity index is 2.10. The van der Waals surface area contributed by atoms with Crippen LogP contribution in [-0.4, -0.2) is 35.8 Å². The van der Waals surface area contributed by atoms with Crippen LogP contribution in [0.15, 0.2) is 30.3 Å². The van der Waals surface area contributed by atoms with E-state index in [9.17, 15) is 9.59 Å². The number of primary amides is 1. The molecule has 5 nitrogen and oxygen atoms in total. The minimum Gasteiger partial charge on any atom is -0.368 e. The summed E-state index contributed by atoms with van der Waals surface area (Å²) in [4.78, 5) is 25.3. The zero-order valence-electron chi connectivity index (χ0n) is 13.3. The van der Waals surface area contributed by atoms with Gasteiger partial charge < -0.3 is 10.6 Å². The summed E-state index contributed by atoms with van der Waals surface area (Å²) in [7, 11) is 0. The number of hydrogen-bond donors (Lipinski definition) is 2. The first-order chi connectivity index (χ1) is 10.5. The van der Waals surface area contributed by atoms with E-state index in [1.165, 1.54) is 0 Å². The molecule has 0 spiro atoms. The molecule has 2 amide bonds. The van der Waals surface area contributed by atoms with Crippen molar-refractivity contribution in [3.8, 4) is 0 Å². The van der Waals surface area contributed by atoms with Gasteiger partial charge in [0.2, 0.25) is 11.8 Å². The van der Waals surface area contributed by atoms with Crippen LogP contribution in [-0.2, 0) is 9.59 Å². The van der Waals surface area contributed by atoms with Gasteiger partial charge in [0.15, 0.2) is 0 Å². The number of rotatable bonds is 5. The average Bonchev–Trinajstić information content (AvgIpc) is 2.52. The second-order valence-corrected chi connectivity index (χ2v) is 5.94. The van der Waals surface area contributed by atoms with Crippen LogP contribution in [0.5, 0.6) is 0 Å². The van der Waals surface area contributed by atoms with Crippen LogP contribution in [0, 0.1) is 5.92 Å². The SMILES string of the molecule is CC[C@@H]1CN(C(C)=O)CC[C@H]1N[C@@H](C(N)=O)c1ccccc1. The fourth-order valence-electron chi connectivity index (χ4n) is 3.15. The van der Waals surface area contributed by atoms with Crippen molar-refractivity contribution >= 4 is 11.8 Å². The van der Waals surface area contributed by atoms with Crippen LogP contribution < -0.4 is 11.1 Å². The van der Waals surface area contributed by atoms with E-state index < -0.39 is 6.04 Å². The standard InChI is InChI=1S/C17H25N3O2/c1-3-13-11-20(12(2)21)10-9-15(13)19-16(17(18)22)14-7-5-4-6-8-14/h4-8,13,15-16,19H,3,9-11H2,1-2H3,(H2,18,22)/t13-,15-,16-/m1/s1. The molecule has 1 aliphatic heterocycles. The third-order valence-corrected chi connectivity index (χ3v) is 4.50. The topological polar surface area (TPSA) is 75.4 Å². The number of carbonyl (C=O) groups is 2. The largest absolute Gasteiger partial charge is 0.368 e. The van der Waals surface area contributed by atoms with E-state index in [4.69, 9.17) is 5.73 Å². The van der Waals surface area contributed by atoms with Crippen molar-refractivity contribution in [3.05, 3.63) is 35.9 Å². The van der Waals surface area contributed by atoms with Crippen molar-refractivity contribution in [3.63, 3.8) is 0 Å². The van der Waals surface area contributed by atoms with Gasteiger partial charge in [-0.05, 0) is 17.9 Å². The van der Waals surface area contributed by atoms with Crippen LogP contribution in [0.3, 0.4) is 0 Å². The zero-order valence-corrected chi connectivity index (χ0v) is 13.3. The summed E-state index contributed by atoms with van der Waals surface area (Å²) >= 11 is 0. The maximum Gasteiger partial charge on any atom is 0.239 e. The van der Waals surface area contributed by atoms with Crippen LogP contribution >= 0.6 is 0 Å². The molecule has 2 rings (SSSR count). The highest BCUT2D eigenvalue weighted by Gasteiger charge is 2.32. The normalized spacial score (nSPS) is 23.1. The summed E-state index contributed by atoms with van der Waals surface area (Å²) in [5.41, 5.74) is 6.47. The van der Waals surface area contributed by atoms with Gasteiger partial charge in [0.25, 0.3) is 0 Å². The molecule has 22 heavy (non-hydrogen) atoms. The monoisotopic (exact) mass is 303 g/mol. The van der Waals surface area contributed by atoms with E-state index in [1.807, 2.05) is 35.2 Å². The first-order valence-corrected chi connectivity index (χ1v) is 7.88. The second-order valence-electron chi connectivity index (χ2n) is 5.94. The van der Waals surface area contributed by atoms with E-state index in [1.54, 1.807) is 6.92 Å². The van der Waals surface area contributed by atoms with Gasteiger partial charge in [0.1, 0.15) is 6.04 Å². The molecule has 0 bridgehead atoms. The van der Waals surface area contributed by atoms with Crippen molar-refractivity contribution < 1.29 is 9.59 Å². The van der Waals surface area contributed by atoms with E-state index >= 15 is 0 Å². The van der Waals surface area contributed by atoms with Gasteiger partial charge >= 0.3 is 0 Å². The average molecular weight is 303 g/mol. The number of nitrogens with zero attached hydrogens (tertiary/aromatic N) is 1. The molecule has 3 N–H and O–H groups in total. The lowest BCUT2D eigenvalue weighted by Crippen LogP contribution is -2.52. The van der Waals surface area contributed by atoms with E-state index in [-0.39, 0.29) is 17.9 Å². The number of carbonyl (C=O) groups excluding carboxylic acids is 2. The fourth-order valence-corrected chi connectivity index (χ4v) is 3.15. The highest BCUT2D eigenvalue weighted by Crippen LogP contribution is 2.23. The summed E-state index contributed by atoms with van der Waals surface area (Å²) in [5, 5.41) is 3.42. The summed E-state index contributed by atoms with van der Waals surface area (Å²) in [6, 6.07) is 9.26. The van der Waals surface area contributed by atoms with Crippen molar-refractivity contribution in [2.24, 2.45) is 11.7 Å². The van der Waals surface area contributed by atoms with Crippen molar-refractivity contribution in [1.29, 1.82) is 0 Å². The highest BCUT2D eigenvalue weighted by atomic mass is 16.2. The van der Waals surface area contributed by atoms with E-state index in [2.05, 4.69) is 12.2 Å². The molecule has 0 aliphatic carbocycles. The number of hydrogen-bond acceptors (Lipinski definition) is 3. The minimum absolute atomic E-state index is 0.117. The Morgan fingerprint density at radius 3 is 2.59 bits per heavy atom. The lowest BCUT2D eigenvalue weighted by atomic mass is 9.88. The first-order valence-electron chi connectivity index (χ1n) is 7.88. The fraction of sp³-hybridized carbons (Fsp3) is 0.529. The Kier molecular flexibility index (Phi) is 5.55. The maximum absolute atomic E-state index is 11.8. The van der Waals surface area contributed by atoms with Gasteiger partial charge in [0.05, 0.1) is 0 Å². The summed E-state index contributed by atoms with van der Waals surface area (Å²) in [5.74, 6) is 0.0877. The molecule has 120 valence electrons. The number of likely N-dealkylation sites (tertiary alicyclic amines) is 1. The zero-order chi connectivity index (χ0) is 16.1. The molecule has 0 radical (unpaired) electrons. The Morgan fingerprint density at radius 2 is 2.05 bits per heavy atom. The van der Waals surface area contributed by atoms with Gasteiger partial charge in [-0.15, -0.1) is 0 Å². The Bertz CT molecular complexity index is 518. The lowest BCUT2D eigenvalue weighted by Gasteiger charge is -2.39. The lowest BCUT2D eigenvalue weighted by molar-refractivity contribution is -0.131. The first kappa shape index (κ1) is 16.5. The van der Waals surface area contributed by atoms with Gasteiger partial charge in [0, 0.05) is 26.1 Å². The smallest absolute Gasteiger partial charge is 0.239 e. The molecule has 1 saturated heterocycles. The minimum atomic E-state index is -0.482. The molecule has 0 aromatic heterocycles. The van der Waals surface area contributed by atoms with Gasteiger partial charge in [-0.1, -0.05) is 43.7 Å². The number of nitrogens with two attached hydrogens (primary N) is 1. The third kappa shape index (κ3) is 3.85. The summed E-state index contributed by atoms with van der Waals surface area (Å²) in [6.07, 6.45) is 1.80. The molecule has 1 aromatic rings. The second kappa shape index (κ2) is 7.40. The summed E-state index contributed by atoms with van der Waals surface area (Å²) in [6.45, 7) is 5.19. The van der Waals surface area contributed by atoms with Crippen LogP contribution in [0.25, 0.3) is 0 Å². The van der Waals surface area contributed by atoms with Gasteiger partial charge in [-0.25, -0.2) is 0 Å². The van der Waals surface area contributed by atoms with Crippen LogP contribution in [0.4, 0.5) is 0 Å². The quantitative estimate of drug-likeness (QED) is 0.864. The van der Waals surface area contributed by atoms with Crippen LogP contribution in [0.2, 0.25) is 0 Å². The predicted octanol–water partition coefficient (Wildman–Crippen LogP) is 1.45. The Morgan fingerprint density at radius 1 is 1.36 bits per heavy atom. The molecule has 3 atom stereocenters.